The van der Waals surface area contributed by atoms with Gasteiger partial charge >= 0.3 is 0 Å². The zero-order valence-corrected chi connectivity index (χ0v) is 13.3. The van der Waals surface area contributed by atoms with E-state index in [1.54, 1.807) is 0 Å². The number of benzene rings is 1. The van der Waals surface area contributed by atoms with Crippen LogP contribution in [0.1, 0.15) is 50.7 Å². The molecule has 0 radical (unpaired) electrons. The van der Waals surface area contributed by atoms with Gasteiger partial charge in [-0.3, -0.25) is 9.59 Å². The number of carbonyl (C=O) groups is 2. The first kappa shape index (κ1) is 17.2. The fourth-order valence-corrected chi connectivity index (χ4v) is 2.49. The summed E-state index contributed by atoms with van der Waals surface area (Å²) >= 11 is 0. The predicted molar refractivity (Wildman–Crippen MR) is 84.8 cm³/mol. The number of amides is 2. The van der Waals surface area contributed by atoms with Crippen molar-refractivity contribution in [3.05, 3.63) is 35.4 Å². The number of hydrogen-bond acceptors (Lipinski definition) is 2. The van der Waals surface area contributed by atoms with E-state index < -0.39 is 11.9 Å². The van der Waals surface area contributed by atoms with Crippen molar-refractivity contribution in [3.8, 4) is 0 Å². The van der Waals surface area contributed by atoms with Crippen LogP contribution in [0.4, 0.5) is 0 Å². The third kappa shape index (κ3) is 4.88. The Morgan fingerprint density at radius 3 is 2.38 bits per heavy atom. The minimum absolute atomic E-state index is 0.0419. The smallest absolute Gasteiger partial charge is 0.240 e. The van der Waals surface area contributed by atoms with Gasteiger partial charge in [-0.05, 0) is 29.9 Å². The Hall–Kier alpha value is -1.84. The van der Waals surface area contributed by atoms with E-state index in [1.807, 2.05) is 52.0 Å². The van der Waals surface area contributed by atoms with Crippen molar-refractivity contribution in [2.24, 2.45) is 11.7 Å². The maximum absolute atomic E-state index is 12.2. The second kappa shape index (κ2) is 7.81. The van der Waals surface area contributed by atoms with Crippen molar-refractivity contribution in [2.45, 2.75) is 52.5 Å². The molecule has 0 saturated carbocycles. The van der Waals surface area contributed by atoms with Crippen molar-refractivity contribution in [3.63, 3.8) is 0 Å². The molecule has 1 aromatic carbocycles. The zero-order valence-electron chi connectivity index (χ0n) is 13.3. The lowest BCUT2D eigenvalue weighted by atomic mass is 9.93. The van der Waals surface area contributed by atoms with Crippen LogP contribution in [0.3, 0.4) is 0 Å². The standard InChI is InChI=1S/C17H26N2O2/c1-5-11(2)16(17(18)21)19-15(20)10-13(4)14-9-7-6-8-12(14)3/h6-9,11,13,16H,5,10H2,1-4H3,(H2,18,21)(H,19,20)/t11-,13-,16+/m0/s1. The van der Waals surface area contributed by atoms with E-state index in [-0.39, 0.29) is 17.7 Å². The van der Waals surface area contributed by atoms with Gasteiger partial charge in [-0.1, -0.05) is 51.5 Å². The monoisotopic (exact) mass is 290 g/mol. The lowest BCUT2D eigenvalue weighted by Crippen LogP contribution is -2.48. The van der Waals surface area contributed by atoms with Gasteiger partial charge in [0.2, 0.25) is 11.8 Å². The number of primary amides is 1. The number of nitrogens with one attached hydrogen (secondary N) is 1. The van der Waals surface area contributed by atoms with Crippen molar-refractivity contribution < 1.29 is 9.59 Å². The lowest BCUT2D eigenvalue weighted by Gasteiger charge is -2.22. The van der Waals surface area contributed by atoms with Crippen LogP contribution in [-0.4, -0.2) is 17.9 Å². The van der Waals surface area contributed by atoms with E-state index in [2.05, 4.69) is 5.32 Å². The van der Waals surface area contributed by atoms with E-state index >= 15 is 0 Å². The van der Waals surface area contributed by atoms with Crippen LogP contribution in [0.15, 0.2) is 24.3 Å². The van der Waals surface area contributed by atoms with Gasteiger partial charge in [0.1, 0.15) is 6.04 Å². The number of nitrogens with two attached hydrogens (primary N) is 1. The number of carbonyl (C=O) groups excluding carboxylic acids is 2. The molecule has 0 aromatic heterocycles. The number of aryl methyl sites for hydroxylation is 1. The fourth-order valence-electron chi connectivity index (χ4n) is 2.49. The topological polar surface area (TPSA) is 72.2 Å². The molecule has 4 heteroatoms. The Kier molecular flexibility index (Phi) is 6.40. The first-order valence-corrected chi connectivity index (χ1v) is 7.51. The highest BCUT2D eigenvalue weighted by molar-refractivity contribution is 5.87. The van der Waals surface area contributed by atoms with E-state index in [9.17, 15) is 9.59 Å². The Bertz CT molecular complexity index is 499. The molecule has 3 N–H and O–H groups in total. The minimum Gasteiger partial charge on any atom is -0.368 e. The van der Waals surface area contributed by atoms with Crippen LogP contribution in [0.5, 0.6) is 0 Å². The summed E-state index contributed by atoms with van der Waals surface area (Å²) in [5.41, 5.74) is 7.71. The minimum atomic E-state index is -0.591. The molecule has 0 heterocycles. The molecule has 0 spiro atoms. The van der Waals surface area contributed by atoms with Gasteiger partial charge in [0.05, 0.1) is 0 Å². The maximum Gasteiger partial charge on any atom is 0.240 e. The summed E-state index contributed by atoms with van der Waals surface area (Å²) in [6.45, 7) is 7.95. The Morgan fingerprint density at radius 1 is 1.24 bits per heavy atom. The Morgan fingerprint density at radius 2 is 1.86 bits per heavy atom. The van der Waals surface area contributed by atoms with Gasteiger partial charge in [0.25, 0.3) is 0 Å². The largest absolute Gasteiger partial charge is 0.368 e. The van der Waals surface area contributed by atoms with Gasteiger partial charge < -0.3 is 11.1 Å². The van der Waals surface area contributed by atoms with Crippen molar-refractivity contribution >= 4 is 11.8 Å². The van der Waals surface area contributed by atoms with Crippen molar-refractivity contribution in [2.75, 3.05) is 0 Å². The number of rotatable bonds is 7. The number of hydrogen-bond donors (Lipinski definition) is 2. The van der Waals surface area contributed by atoms with Gasteiger partial charge in [-0.25, -0.2) is 0 Å². The average Bonchev–Trinajstić information content (AvgIpc) is 2.44. The Labute approximate surface area is 127 Å². The van der Waals surface area contributed by atoms with Crippen LogP contribution in [-0.2, 0) is 9.59 Å². The molecule has 4 nitrogen and oxygen atoms in total. The summed E-state index contributed by atoms with van der Waals surface area (Å²) in [4.78, 5) is 23.6. The van der Waals surface area contributed by atoms with Crippen LogP contribution in [0, 0.1) is 12.8 Å². The molecule has 0 unspecified atom stereocenters. The van der Waals surface area contributed by atoms with Crippen LogP contribution < -0.4 is 11.1 Å². The molecular weight excluding hydrogens is 264 g/mol. The van der Waals surface area contributed by atoms with Crippen LogP contribution in [0.25, 0.3) is 0 Å². The second-order valence-corrected chi connectivity index (χ2v) is 5.79. The first-order chi connectivity index (χ1) is 9.86. The van der Waals surface area contributed by atoms with Crippen LogP contribution in [0.2, 0.25) is 0 Å². The van der Waals surface area contributed by atoms with Gasteiger partial charge in [0.15, 0.2) is 0 Å². The third-order valence-electron chi connectivity index (χ3n) is 4.05. The summed E-state index contributed by atoms with van der Waals surface area (Å²) in [7, 11) is 0. The van der Waals surface area contributed by atoms with E-state index in [4.69, 9.17) is 5.73 Å². The normalized spacial score (nSPS) is 15.0. The summed E-state index contributed by atoms with van der Waals surface area (Å²) in [5, 5.41) is 2.77. The highest BCUT2D eigenvalue weighted by Crippen LogP contribution is 2.22. The third-order valence-corrected chi connectivity index (χ3v) is 4.05. The van der Waals surface area contributed by atoms with Gasteiger partial charge in [-0.2, -0.15) is 0 Å². The molecule has 0 aliphatic rings. The molecule has 0 aliphatic heterocycles. The molecule has 0 aliphatic carbocycles. The van der Waals surface area contributed by atoms with E-state index in [0.29, 0.717) is 6.42 Å². The maximum atomic E-state index is 12.2. The molecule has 116 valence electrons. The first-order valence-electron chi connectivity index (χ1n) is 7.51. The fraction of sp³-hybridized carbons (Fsp3) is 0.529. The summed E-state index contributed by atoms with van der Waals surface area (Å²) in [6.07, 6.45) is 1.15. The molecule has 0 bridgehead atoms. The molecule has 0 saturated heterocycles. The quantitative estimate of drug-likeness (QED) is 0.810. The SMILES string of the molecule is CC[C@H](C)[C@@H](NC(=O)C[C@H](C)c1ccccc1C)C(N)=O. The van der Waals surface area contributed by atoms with E-state index in [1.165, 1.54) is 5.56 Å². The Balaban J connectivity index is 2.68. The molecule has 1 aromatic rings. The van der Waals surface area contributed by atoms with Crippen molar-refractivity contribution in [1.29, 1.82) is 0 Å². The average molecular weight is 290 g/mol. The highest BCUT2D eigenvalue weighted by atomic mass is 16.2. The molecule has 2 amide bonds. The molecule has 1 rings (SSSR count). The summed E-state index contributed by atoms with van der Waals surface area (Å²) in [6, 6.07) is 7.44. The molecule has 21 heavy (non-hydrogen) atoms. The molecule has 3 atom stereocenters. The van der Waals surface area contributed by atoms with E-state index in [0.717, 1.165) is 12.0 Å². The highest BCUT2D eigenvalue weighted by Gasteiger charge is 2.24. The second-order valence-electron chi connectivity index (χ2n) is 5.79. The zero-order chi connectivity index (χ0) is 16.0. The predicted octanol–water partition coefficient (Wildman–Crippen LogP) is 2.50. The molecule has 0 fully saturated rings. The van der Waals surface area contributed by atoms with Gasteiger partial charge in [-0.15, -0.1) is 0 Å². The molecular formula is C17H26N2O2. The summed E-state index contributed by atoms with van der Waals surface area (Å²) < 4.78 is 0. The van der Waals surface area contributed by atoms with Crippen molar-refractivity contribution in [1.82, 2.24) is 5.32 Å². The van der Waals surface area contributed by atoms with Crippen LogP contribution >= 0.6 is 0 Å². The van der Waals surface area contributed by atoms with Gasteiger partial charge in [0, 0.05) is 6.42 Å². The lowest BCUT2D eigenvalue weighted by molar-refractivity contribution is -0.128. The summed E-state index contributed by atoms with van der Waals surface area (Å²) in [5.74, 6) is -0.451.